The number of benzene rings is 1. The van der Waals surface area contributed by atoms with Crippen LogP contribution in [0.2, 0.25) is 5.02 Å². The van der Waals surface area contributed by atoms with Crippen LogP contribution in [0.15, 0.2) is 28.1 Å². The fraction of sp³-hybridized carbons (Fsp3) is 0.500. The van der Waals surface area contributed by atoms with Crippen LogP contribution in [0.4, 0.5) is 10.5 Å². The van der Waals surface area contributed by atoms with Gasteiger partial charge in [-0.1, -0.05) is 29.3 Å². The second-order valence-electron chi connectivity index (χ2n) is 7.43. The molecule has 1 unspecified atom stereocenters. The number of anilines is 1. The number of amides is 2. The second kappa shape index (κ2) is 7.74. The van der Waals surface area contributed by atoms with Crippen LogP contribution in [0.1, 0.15) is 26.7 Å². The molecular formula is C18H22Cl2N2O5S. The molecule has 2 aliphatic rings. The van der Waals surface area contributed by atoms with E-state index in [0.29, 0.717) is 24.7 Å². The Labute approximate surface area is 174 Å². The van der Waals surface area contributed by atoms with Gasteiger partial charge in [-0.2, -0.15) is 0 Å². The molecule has 10 heteroatoms. The van der Waals surface area contributed by atoms with Gasteiger partial charge < -0.3 is 20.5 Å². The van der Waals surface area contributed by atoms with Crippen LogP contribution >= 0.6 is 23.2 Å². The Hall–Kier alpha value is -1.48. The standard InChI is InChI=1S/C18H22Cl2N2O5S/c1-18(2,10-8-27-9-10)28(25,26)16-12(20)6-7-14(15(16)23)22-17(24)21-13-5-3-4-11(13)19/h4,6-7,10,13,23H,3,5,8-9H2,1-2H3,(H2,21,22,24). The number of carbonyl (C=O) groups excluding carboxylic acids is 1. The third kappa shape index (κ3) is 3.70. The average Bonchev–Trinajstić information content (AvgIpc) is 2.92. The molecule has 0 aromatic heterocycles. The van der Waals surface area contributed by atoms with E-state index in [1.807, 2.05) is 6.08 Å². The van der Waals surface area contributed by atoms with Crippen LogP contribution in [-0.2, 0) is 14.6 Å². The van der Waals surface area contributed by atoms with E-state index in [0.717, 1.165) is 6.42 Å². The van der Waals surface area contributed by atoms with Gasteiger partial charge in [0.05, 0.1) is 34.7 Å². The zero-order valence-electron chi connectivity index (χ0n) is 15.5. The van der Waals surface area contributed by atoms with E-state index in [2.05, 4.69) is 10.6 Å². The summed E-state index contributed by atoms with van der Waals surface area (Å²) in [5, 5.41) is 16.2. The van der Waals surface area contributed by atoms with Crippen molar-refractivity contribution in [3.63, 3.8) is 0 Å². The van der Waals surface area contributed by atoms with Crippen molar-refractivity contribution >= 4 is 44.8 Å². The molecule has 7 nitrogen and oxygen atoms in total. The quantitative estimate of drug-likeness (QED) is 0.596. The Morgan fingerprint density at radius 2 is 1.96 bits per heavy atom. The van der Waals surface area contributed by atoms with Crippen molar-refractivity contribution in [1.29, 1.82) is 0 Å². The first-order chi connectivity index (χ1) is 13.1. The Morgan fingerprint density at radius 1 is 1.29 bits per heavy atom. The zero-order valence-corrected chi connectivity index (χ0v) is 17.8. The number of phenols is 1. The highest BCUT2D eigenvalue weighted by atomic mass is 35.5. The van der Waals surface area contributed by atoms with Crippen LogP contribution in [0.25, 0.3) is 0 Å². The first kappa shape index (κ1) is 21.2. The van der Waals surface area contributed by atoms with Crippen molar-refractivity contribution in [2.75, 3.05) is 18.5 Å². The normalized spacial score (nSPS) is 20.4. The molecule has 154 valence electrons. The molecule has 1 heterocycles. The summed E-state index contributed by atoms with van der Waals surface area (Å²) in [6.07, 6.45) is 3.26. The number of urea groups is 1. The first-order valence-corrected chi connectivity index (χ1v) is 11.1. The second-order valence-corrected chi connectivity index (χ2v) is 10.7. The van der Waals surface area contributed by atoms with Gasteiger partial charge in [0.2, 0.25) is 0 Å². The molecule has 3 N–H and O–H groups in total. The van der Waals surface area contributed by atoms with Crippen LogP contribution in [0.5, 0.6) is 5.75 Å². The molecule has 3 rings (SSSR count). The largest absolute Gasteiger partial charge is 0.504 e. The van der Waals surface area contributed by atoms with E-state index in [1.165, 1.54) is 12.1 Å². The maximum atomic E-state index is 13.2. The number of carbonyl (C=O) groups is 1. The molecule has 0 radical (unpaired) electrons. The van der Waals surface area contributed by atoms with Crippen LogP contribution in [0.3, 0.4) is 0 Å². The maximum Gasteiger partial charge on any atom is 0.319 e. The van der Waals surface area contributed by atoms with E-state index in [-0.39, 0.29) is 22.7 Å². The summed E-state index contributed by atoms with van der Waals surface area (Å²) in [5.74, 6) is -0.812. The van der Waals surface area contributed by atoms with Gasteiger partial charge in [-0.05, 0) is 38.8 Å². The molecule has 1 aliphatic heterocycles. The number of hydrogen-bond donors (Lipinski definition) is 3. The lowest BCUT2D eigenvalue weighted by molar-refractivity contribution is -0.0468. The van der Waals surface area contributed by atoms with Crippen molar-refractivity contribution < 1.29 is 23.1 Å². The Balaban J connectivity index is 1.88. The summed E-state index contributed by atoms with van der Waals surface area (Å²) >= 11 is 12.2. The Morgan fingerprint density at radius 3 is 2.50 bits per heavy atom. The van der Waals surface area contributed by atoms with Gasteiger partial charge >= 0.3 is 6.03 Å². The summed E-state index contributed by atoms with van der Waals surface area (Å²) in [6.45, 7) is 3.79. The van der Waals surface area contributed by atoms with Crippen molar-refractivity contribution in [2.24, 2.45) is 5.92 Å². The van der Waals surface area contributed by atoms with Gasteiger partial charge in [-0.3, -0.25) is 0 Å². The molecule has 1 fully saturated rings. The number of allylic oxidation sites excluding steroid dienone is 1. The van der Waals surface area contributed by atoms with Gasteiger partial charge in [0.15, 0.2) is 15.6 Å². The van der Waals surface area contributed by atoms with Gasteiger partial charge in [-0.25, -0.2) is 13.2 Å². The average molecular weight is 449 g/mol. The number of sulfone groups is 1. The smallest absolute Gasteiger partial charge is 0.319 e. The number of nitrogens with one attached hydrogen (secondary N) is 2. The van der Waals surface area contributed by atoms with Crippen LogP contribution in [0, 0.1) is 5.92 Å². The van der Waals surface area contributed by atoms with Crippen molar-refractivity contribution in [1.82, 2.24) is 5.32 Å². The molecule has 1 atom stereocenters. The minimum atomic E-state index is -4.01. The van der Waals surface area contributed by atoms with Gasteiger partial charge in [0, 0.05) is 11.0 Å². The number of rotatable bonds is 5. The van der Waals surface area contributed by atoms with Crippen LogP contribution < -0.4 is 10.6 Å². The minimum Gasteiger partial charge on any atom is -0.504 e. The highest BCUT2D eigenvalue weighted by Gasteiger charge is 2.48. The topological polar surface area (TPSA) is 105 Å². The summed E-state index contributed by atoms with van der Waals surface area (Å²) in [7, 11) is -4.01. The number of hydrogen-bond acceptors (Lipinski definition) is 5. The van der Waals surface area contributed by atoms with E-state index >= 15 is 0 Å². The lowest BCUT2D eigenvalue weighted by atomic mass is 9.93. The number of aromatic hydroxyl groups is 1. The van der Waals surface area contributed by atoms with Gasteiger partial charge in [-0.15, -0.1) is 0 Å². The molecular weight excluding hydrogens is 427 g/mol. The van der Waals surface area contributed by atoms with Gasteiger partial charge in [0.1, 0.15) is 4.90 Å². The lowest BCUT2D eigenvalue weighted by Crippen LogP contribution is -2.49. The van der Waals surface area contributed by atoms with E-state index in [9.17, 15) is 18.3 Å². The molecule has 1 aromatic carbocycles. The number of halogens is 2. The molecule has 0 spiro atoms. The summed E-state index contributed by atoms with van der Waals surface area (Å²) in [5.41, 5.74) is -0.0563. The first-order valence-electron chi connectivity index (χ1n) is 8.82. The van der Waals surface area contributed by atoms with Crippen molar-refractivity contribution in [3.8, 4) is 5.75 Å². The Kier molecular flexibility index (Phi) is 5.87. The number of ether oxygens (including phenoxy) is 1. The molecule has 1 aromatic rings. The summed E-state index contributed by atoms with van der Waals surface area (Å²) in [4.78, 5) is 11.9. The summed E-state index contributed by atoms with van der Waals surface area (Å²) in [6, 6.07) is 1.77. The van der Waals surface area contributed by atoms with Gasteiger partial charge in [0.25, 0.3) is 0 Å². The van der Waals surface area contributed by atoms with E-state index in [1.54, 1.807) is 13.8 Å². The third-order valence-electron chi connectivity index (χ3n) is 5.35. The lowest BCUT2D eigenvalue weighted by Gasteiger charge is -2.39. The Bertz CT molecular complexity index is 926. The zero-order chi connectivity index (χ0) is 20.7. The van der Waals surface area contributed by atoms with Crippen LogP contribution in [-0.4, -0.2) is 43.6 Å². The predicted octanol–water partition coefficient (Wildman–Crippen LogP) is 3.65. The fourth-order valence-corrected chi connectivity index (χ4v) is 5.67. The fourth-order valence-electron chi connectivity index (χ4n) is 3.15. The third-order valence-corrected chi connectivity index (χ3v) is 8.86. The molecule has 28 heavy (non-hydrogen) atoms. The van der Waals surface area contributed by atoms with Crippen molar-refractivity contribution in [3.05, 3.63) is 28.3 Å². The van der Waals surface area contributed by atoms with E-state index in [4.69, 9.17) is 27.9 Å². The highest BCUT2D eigenvalue weighted by Crippen LogP contribution is 2.44. The molecule has 1 aliphatic carbocycles. The maximum absolute atomic E-state index is 13.2. The molecule has 2 amide bonds. The SMILES string of the molecule is CC(C)(C1COC1)S(=O)(=O)c1c(Cl)ccc(NC(=O)NC2CCC=C2Cl)c1O. The number of phenolic OH excluding ortho intramolecular Hbond substituents is 1. The monoisotopic (exact) mass is 448 g/mol. The highest BCUT2D eigenvalue weighted by molar-refractivity contribution is 7.93. The molecule has 0 saturated carbocycles. The minimum absolute atomic E-state index is 0.0563. The molecule has 1 saturated heterocycles. The van der Waals surface area contributed by atoms with E-state index < -0.39 is 31.3 Å². The summed E-state index contributed by atoms with van der Waals surface area (Å²) < 4.78 is 30.4. The van der Waals surface area contributed by atoms with Crippen molar-refractivity contribution in [2.45, 2.75) is 42.4 Å². The molecule has 0 bridgehead atoms. The predicted molar refractivity (Wildman–Crippen MR) is 108 cm³/mol.